The summed E-state index contributed by atoms with van der Waals surface area (Å²) in [6.45, 7) is 2.17. The lowest BCUT2D eigenvalue weighted by Crippen LogP contribution is -2.26. The van der Waals surface area contributed by atoms with Gasteiger partial charge >= 0.3 is 0 Å². The van der Waals surface area contributed by atoms with E-state index in [4.69, 9.17) is 4.74 Å². The highest BCUT2D eigenvalue weighted by molar-refractivity contribution is 5.69. The van der Waals surface area contributed by atoms with Crippen molar-refractivity contribution in [2.24, 2.45) is 0 Å². The van der Waals surface area contributed by atoms with Crippen molar-refractivity contribution in [1.29, 1.82) is 0 Å². The summed E-state index contributed by atoms with van der Waals surface area (Å²) in [5.74, 6) is -0.00181. The Balaban J connectivity index is 2.34. The number of aromatic nitrogens is 4. The highest BCUT2D eigenvalue weighted by Crippen LogP contribution is 2.06. The van der Waals surface area contributed by atoms with E-state index in [-0.39, 0.29) is 23.8 Å². The molecule has 2 rings (SSSR count). The van der Waals surface area contributed by atoms with Gasteiger partial charge in [0.25, 0.3) is 5.56 Å². The first kappa shape index (κ1) is 10.6. The third kappa shape index (κ3) is 1.88. The quantitative estimate of drug-likeness (QED) is 0.493. The van der Waals surface area contributed by atoms with E-state index in [1.165, 1.54) is 6.33 Å². The zero-order valence-electron chi connectivity index (χ0n) is 8.60. The molecule has 0 fully saturated rings. The molecule has 8 heteroatoms. The number of nitrogens with one attached hydrogen (secondary N) is 2. The topological polar surface area (TPSA) is 107 Å². The van der Waals surface area contributed by atoms with Crippen LogP contribution < -0.4 is 10.6 Å². The van der Waals surface area contributed by atoms with Crippen molar-refractivity contribution < 1.29 is 9.94 Å². The minimum atomic E-state index is -0.395. The van der Waals surface area contributed by atoms with E-state index in [2.05, 4.69) is 19.9 Å². The molecule has 3 N–H and O–H groups in total. The number of hydrogen-bond donors (Lipinski definition) is 3. The Hall–Kier alpha value is -1.93. The van der Waals surface area contributed by atoms with Crippen molar-refractivity contribution in [3.05, 3.63) is 16.7 Å². The van der Waals surface area contributed by atoms with Gasteiger partial charge in [-0.05, 0) is 6.92 Å². The third-order valence-corrected chi connectivity index (χ3v) is 1.95. The number of rotatable bonds is 4. The van der Waals surface area contributed by atoms with Gasteiger partial charge in [-0.15, -0.1) is 0 Å². The molecule has 0 aliphatic rings. The highest BCUT2D eigenvalue weighted by atomic mass is 16.6. The Bertz CT molecular complexity index is 534. The van der Waals surface area contributed by atoms with Gasteiger partial charge in [0.05, 0.1) is 6.33 Å². The minimum Gasteiger partial charge on any atom is -0.359 e. The van der Waals surface area contributed by atoms with Crippen LogP contribution in [0.4, 0.5) is 5.95 Å². The average Bonchev–Trinajstić information content (AvgIpc) is 2.74. The molecule has 0 bridgehead atoms. The van der Waals surface area contributed by atoms with Crippen molar-refractivity contribution in [2.45, 2.75) is 6.92 Å². The normalized spacial score (nSPS) is 10.9. The highest BCUT2D eigenvalue weighted by Gasteiger charge is 2.10. The zero-order chi connectivity index (χ0) is 11.5. The van der Waals surface area contributed by atoms with Gasteiger partial charge in [-0.1, -0.05) is 0 Å². The molecule has 0 aliphatic heterocycles. The molecule has 86 valence electrons. The summed E-state index contributed by atoms with van der Waals surface area (Å²) in [6, 6.07) is 0. The first-order valence-corrected chi connectivity index (χ1v) is 4.70. The lowest BCUT2D eigenvalue weighted by atomic mass is 10.5. The molecule has 0 amide bonds. The van der Waals surface area contributed by atoms with E-state index in [0.29, 0.717) is 11.7 Å². The standard InChI is InChI=1S/C8H11N5O3/c1-2-16-4-13(15)8-11-6-5(7(14)12-8)9-3-10-6/h3,15H,2,4H2,1H3,(H2,9,10,11,12,14). The van der Waals surface area contributed by atoms with Crippen molar-refractivity contribution in [3.8, 4) is 0 Å². The maximum Gasteiger partial charge on any atom is 0.278 e. The van der Waals surface area contributed by atoms with Crippen molar-refractivity contribution in [2.75, 3.05) is 18.4 Å². The summed E-state index contributed by atoms with van der Waals surface area (Å²) in [7, 11) is 0. The zero-order valence-corrected chi connectivity index (χ0v) is 8.60. The number of fused-ring (bicyclic) bond motifs is 1. The summed E-state index contributed by atoms with van der Waals surface area (Å²) in [5, 5.41) is 10.2. The summed E-state index contributed by atoms with van der Waals surface area (Å²) >= 11 is 0. The second-order valence-corrected chi connectivity index (χ2v) is 3.01. The van der Waals surface area contributed by atoms with Crippen LogP contribution >= 0.6 is 0 Å². The van der Waals surface area contributed by atoms with Gasteiger partial charge in [0.2, 0.25) is 5.95 Å². The van der Waals surface area contributed by atoms with E-state index in [1.807, 2.05) is 0 Å². The van der Waals surface area contributed by atoms with Crippen LogP contribution in [0.15, 0.2) is 11.1 Å². The summed E-state index contributed by atoms with van der Waals surface area (Å²) in [4.78, 5) is 24.3. The van der Waals surface area contributed by atoms with Crippen LogP contribution in [0.25, 0.3) is 11.2 Å². The fourth-order valence-corrected chi connectivity index (χ4v) is 1.19. The van der Waals surface area contributed by atoms with Gasteiger partial charge in [0.15, 0.2) is 11.2 Å². The van der Waals surface area contributed by atoms with E-state index in [1.54, 1.807) is 6.92 Å². The summed E-state index contributed by atoms with van der Waals surface area (Å²) in [5.41, 5.74) is 0.121. The molecule has 0 aliphatic carbocycles. The predicted octanol–water partition coefficient (Wildman–Crippen LogP) is -0.164. The van der Waals surface area contributed by atoms with Gasteiger partial charge in [0.1, 0.15) is 6.73 Å². The molecule has 0 unspecified atom stereocenters. The molecule has 0 saturated heterocycles. The monoisotopic (exact) mass is 225 g/mol. The molecule has 16 heavy (non-hydrogen) atoms. The summed E-state index contributed by atoms with van der Waals surface area (Å²) < 4.78 is 4.97. The fourth-order valence-electron chi connectivity index (χ4n) is 1.19. The molecule has 0 atom stereocenters. The van der Waals surface area contributed by atoms with Crippen LogP contribution in [0.5, 0.6) is 0 Å². The Morgan fingerprint density at radius 1 is 1.62 bits per heavy atom. The van der Waals surface area contributed by atoms with Crippen LogP contribution in [0, 0.1) is 0 Å². The van der Waals surface area contributed by atoms with Gasteiger partial charge in [-0.3, -0.25) is 15.0 Å². The third-order valence-electron chi connectivity index (χ3n) is 1.95. The first-order chi connectivity index (χ1) is 7.72. The number of H-pyrrole nitrogens is 2. The van der Waals surface area contributed by atoms with E-state index in [9.17, 15) is 10.0 Å². The number of hydroxylamine groups is 1. The van der Waals surface area contributed by atoms with E-state index >= 15 is 0 Å². The Labute approximate surface area is 89.9 Å². The second kappa shape index (κ2) is 4.29. The Kier molecular flexibility index (Phi) is 2.84. The van der Waals surface area contributed by atoms with Crippen molar-refractivity contribution in [1.82, 2.24) is 19.9 Å². The number of anilines is 1. The van der Waals surface area contributed by atoms with Crippen LogP contribution in [0.3, 0.4) is 0 Å². The Morgan fingerprint density at radius 3 is 3.19 bits per heavy atom. The maximum absolute atomic E-state index is 11.5. The van der Waals surface area contributed by atoms with Crippen LogP contribution in [0.2, 0.25) is 0 Å². The molecule has 0 spiro atoms. The van der Waals surface area contributed by atoms with Crippen molar-refractivity contribution >= 4 is 17.1 Å². The average molecular weight is 225 g/mol. The molecule has 2 heterocycles. The fraction of sp³-hybridized carbons (Fsp3) is 0.375. The van der Waals surface area contributed by atoms with Gasteiger partial charge in [0, 0.05) is 6.61 Å². The first-order valence-electron chi connectivity index (χ1n) is 4.70. The number of hydrogen-bond acceptors (Lipinski definition) is 6. The van der Waals surface area contributed by atoms with E-state index < -0.39 is 5.56 Å². The molecule has 0 aromatic carbocycles. The van der Waals surface area contributed by atoms with Gasteiger partial charge in [-0.25, -0.2) is 4.98 Å². The predicted molar refractivity (Wildman–Crippen MR) is 55.3 cm³/mol. The van der Waals surface area contributed by atoms with Crippen LogP contribution in [-0.4, -0.2) is 38.5 Å². The lowest BCUT2D eigenvalue weighted by Gasteiger charge is -2.13. The SMILES string of the molecule is CCOCN(O)c1nc2nc[nH]c2c(=O)[nH]1. The smallest absolute Gasteiger partial charge is 0.278 e. The lowest BCUT2D eigenvalue weighted by molar-refractivity contribution is 0.0776. The summed E-state index contributed by atoms with van der Waals surface area (Å²) in [6.07, 6.45) is 1.36. The maximum atomic E-state index is 11.5. The molecule has 8 nitrogen and oxygen atoms in total. The van der Waals surface area contributed by atoms with Crippen LogP contribution in [0.1, 0.15) is 6.92 Å². The second-order valence-electron chi connectivity index (χ2n) is 3.01. The van der Waals surface area contributed by atoms with Gasteiger partial charge < -0.3 is 9.72 Å². The molecule has 0 radical (unpaired) electrons. The molecular formula is C8H11N5O3. The number of aromatic amines is 2. The Morgan fingerprint density at radius 2 is 2.44 bits per heavy atom. The molecule has 2 aromatic heterocycles. The van der Waals surface area contributed by atoms with Gasteiger partial charge in [-0.2, -0.15) is 10.0 Å². The molecule has 0 saturated carbocycles. The molecule has 2 aromatic rings. The molecular weight excluding hydrogens is 214 g/mol. The van der Waals surface area contributed by atoms with Crippen molar-refractivity contribution in [3.63, 3.8) is 0 Å². The number of nitrogens with zero attached hydrogens (tertiary/aromatic N) is 3. The minimum absolute atomic E-state index is 0.00181. The number of ether oxygens (including phenoxy) is 1. The van der Waals surface area contributed by atoms with E-state index in [0.717, 1.165) is 0 Å². The number of imidazole rings is 1. The van der Waals surface area contributed by atoms with Crippen LogP contribution in [-0.2, 0) is 4.74 Å². The largest absolute Gasteiger partial charge is 0.359 e.